The van der Waals surface area contributed by atoms with Gasteiger partial charge in [-0.15, -0.1) is 0 Å². The monoisotopic (exact) mass is 518 g/mol. The average Bonchev–Trinajstić information content (AvgIpc) is 2.94. The van der Waals surface area contributed by atoms with Crippen molar-refractivity contribution in [1.29, 1.82) is 0 Å². The number of nitrogens with one attached hydrogen (secondary N) is 3. The lowest BCUT2D eigenvalue weighted by Crippen LogP contribution is -2.36. The van der Waals surface area contributed by atoms with Gasteiger partial charge < -0.3 is 16.0 Å². The van der Waals surface area contributed by atoms with E-state index >= 15 is 0 Å². The van der Waals surface area contributed by atoms with Gasteiger partial charge in [0.2, 0.25) is 5.91 Å². The number of aromatic nitrogens is 1. The highest BCUT2D eigenvalue weighted by atomic mass is 16.2. The normalized spacial score (nSPS) is 12.2. The van der Waals surface area contributed by atoms with Crippen LogP contribution in [-0.4, -0.2) is 43.0 Å². The molecule has 0 saturated heterocycles. The van der Waals surface area contributed by atoms with Crippen LogP contribution in [0.1, 0.15) is 68.6 Å². The number of carbonyl (C=O) groups is 2. The molecule has 0 spiro atoms. The lowest BCUT2D eigenvalue weighted by molar-refractivity contribution is -0.120. The average molecular weight is 519 g/mol. The van der Waals surface area contributed by atoms with Crippen LogP contribution in [0.3, 0.4) is 0 Å². The third-order valence-corrected chi connectivity index (χ3v) is 5.27. The Kier molecular flexibility index (Phi) is 21.5. The molecule has 0 aliphatic carbocycles. The number of hydrogen-bond donors (Lipinski definition) is 3. The van der Waals surface area contributed by atoms with Crippen molar-refractivity contribution in [2.24, 2.45) is 0 Å². The minimum atomic E-state index is -0.136. The lowest BCUT2D eigenvalue weighted by atomic mass is 10.2. The summed E-state index contributed by atoms with van der Waals surface area (Å²) in [5, 5.41) is 8.93. The molecule has 0 radical (unpaired) electrons. The third kappa shape index (κ3) is 20.7. The van der Waals surface area contributed by atoms with E-state index in [1.807, 2.05) is 0 Å². The SMILES string of the molecule is CCC=CCC=CCC=CCC=CCC=CCC=CCCC(=O)NCCNCCNC(=O)c1cccnc1. The van der Waals surface area contributed by atoms with E-state index in [0.29, 0.717) is 38.2 Å². The molecular formula is C32H46N4O2. The standard InChI is InChI=1S/C32H46N4O2/c1-2-3-4-5-6-7-8-9-10-11-12-13-14-15-16-17-18-19-20-23-31(37)35-27-25-33-26-28-36-32(38)30-22-21-24-34-29-30/h3-4,6-7,9-10,12-13,15-16,18-19,21-22,24,29,33H,2,5,8,11,14,17,20,23,25-28H2,1H3,(H,35,37)(H,36,38). The summed E-state index contributed by atoms with van der Waals surface area (Å²) < 4.78 is 0. The second-order valence-electron chi connectivity index (χ2n) is 8.55. The highest BCUT2D eigenvalue weighted by Gasteiger charge is 2.03. The summed E-state index contributed by atoms with van der Waals surface area (Å²) in [7, 11) is 0. The van der Waals surface area contributed by atoms with Gasteiger partial charge in [0.15, 0.2) is 0 Å². The van der Waals surface area contributed by atoms with Crippen LogP contribution in [0, 0.1) is 0 Å². The van der Waals surface area contributed by atoms with E-state index in [4.69, 9.17) is 0 Å². The highest BCUT2D eigenvalue weighted by molar-refractivity contribution is 5.93. The molecule has 0 fully saturated rings. The minimum Gasteiger partial charge on any atom is -0.355 e. The van der Waals surface area contributed by atoms with Crippen LogP contribution in [0.2, 0.25) is 0 Å². The third-order valence-electron chi connectivity index (χ3n) is 5.27. The Labute approximate surface area is 229 Å². The zero-order chi connectivity index (χ0) is 27.4. The number of amides is 2. The van der Waals surface area contributed by atoms with E-state index in [1.165, 1.54) is 0 Å². The molecule has 0 saturated carbocycles. The Morgan fingerprint density at radius 3 is 1.76 bits per heavy atom. The van der Waals surface area contributed by atoms with Gasteiger partial charge in [0.05, 0.1) is 5.56 Å². The Morgan fingerprint density at radius 2 is 1.24 bits per heavy atom. The molecule has 2 amide bonds. The molecule has 0 aliphatic rings. The molecule has 1 aromatic rings. The largest absolute Gasteiger partial charge is 0.355 e. The fourth-order valence-electron chi connectivity index (χ4n) is 3.22. The number of nitrogens with zero attached hydrogens (tertiary/aromatic N) is 1. The van der Waals surface area contributed by atoms with Crippen molar-refractivity contribution < 1.29 is 9.59 Å². The number of carbonyl (C=O) groups excluding carboxylic acids is 2. The summed E-state index contributed by atoms with van der Waals surface area (Å²) in [4.78, 5) is 27.7. The zero-order valence-corrected chi connectivity index (χ0v) is 23.0. The summed E-state index contributed by atoms with van der Waals surface area (Å²) in [6, 6.07) is 3.46. The topological polar surface area (TPSA) is 83.1 Å². The maximum atomic E-state index is 11.9. The second-order valence-corrected chi connectivity index (χ2v) is 8.55. The Balaban J connectivity index is 1.91. The molecule has 1 aromatic heterocycles. The van der Waals surface area contributed by atoms with Crippen molar-refractivity contribution in [3.8, 4) is 0 Å². The van der Waals surface area contributed by atoms with Gasteiger partial charge in [-0.1, -0.05) is 79.8 Å². The van der Waals surface area contributed by atoms with Crippen molar-refractivity contribution in [2.75, 3.05) is 26.2 Å². The molecule has 38 heavy (non-hydrogen) atoms. The maximum absolute atomic E-state index is 11.9. The molecule has 0 unspecified atom stereocenters. The van der Waals surface area contributed by atoms with Crippen LogP contribution >= 0.6 is 0 Å². The van der Waals surface area contributed by atoms with Crippen molar-refractivity contribution >= 4 is 11.8 Å². The van der Waals surface area contributed by atoms with Gasteiger partial charge in [0.25, 0.3) is 5.91 Å². The number of pyridine rings is 1. The zero-order valence-electron chi connectivity index (χ0n) is 23.0. The van der Waals surface area contributed by atoms with Gasteiger partial charge in [0, 0.05) is 45.0 Å². The van der Waals surface area contributed by atoms with Crippen molar-refractivity contribution in [3.05, 3.63) is 103 Å². The molecule has 6 heteroatoms. The van der Waals surface area contributed by atoms with Crippen LogP contribution in [0.4, 0.5) is 0 Å². The summed E-state index contributed by atoms with van der Waals surface area (Å²) in [5.74, 6) is -0.0844. The van der Waals surface area contributed by atoms with E-state index in [2.05, 4.69) is 101 Å². The fraction of sp³-hybridized carbons (Fsp3) is 0.406. The van der Waals surface area contributed by atoms with Crippen LogP contribution in [0.5, 0.6) is 0 Å². The number of rotatable bonds is 21. The predicted octanol–water partition coefficient (Wildman–Crippen LogP) is 6.00. The summed E-state index contributed by atoms with van der Waals surface area (Å²) in [6.45, 7) is 4.54. The minimum absolute atomic E-state index is 0.0520. The molecule has 0 atom stereocenters. The molecule has 1 rings (SSSR count). The second kappa shape index (κ2) is 25.2. The first-order chi connectivity index (χ1) is 18.7. The van der Waals surface area contributed by atoms with Crippen LogP contribution < -0.4 is 16.0 Å². The van der Waals surface area contributed by atoms with Crippen molar-refractivity contribution in [2.45, 2.75) is 58.3 Å². The first-order valence-corrected chi connectivity index (χ1v) is 13.8. The van der Waals surface area contributed by atoms with E-state index < -0.39 is 0 Å². The van der Waals surface area contributed by atoms with Crippen LogP contribution in [0.25, 0.3) is 0 Å². The molecule has 0 aromatic carbocycles. The van der Waals surface area contributed by atoms with E-state index in [1.54, 1.807) is 24.5 Å². The first kappa shape index (κ1) is 32.5. The van der Waals surface area contributed by atoms with Gasteiger partial charge >= 0.3 is 0 Å². The molecule has 1 heterocycles. The van der Waals surface area contributed by atoms with E-state index in [-0.39, 0.29) is 11.8 Å². The van der Waals surface area contributed by atoms with Crippen molar-refractivity contribution in [1.82, 2.24) is 20.9 Å². The summed E-state index contributed by atoms with van der Waals surface area (Å²) >= 11 is 0. The van der Waals surface area contributed by atoms with Gasteiger partial charge in [-0.05, 0) is 57.1 Å². The first-order valence-electron chi connectivity index (χ1n) is 13.8. The molecule has 0 aliphatic heterocycles. The van der Waals surface area contributed by atoms with Gasteiger partial charge in [0.1, 0.15) is 0 Å². The van der Waals surface area contributed by atoms with Gasteiger partial charge in [-0.3, -0.25) is 14.6 Å². The smallest absolute Gasteiger partial charge is 0.252 e. The van der Waals surface area contributed by atoms with E-state index in [0.717, 1.165) is 44.9 Å². The molecular weight excluding hydrogens is 472 g/mol. The van der Waals surface area contributed by atoms with E-state index in [9.17, 15) is 9.59 Å². The fourth-order valence-corrected chi connectivity index (χ4v) is 3.22. The Bertz CT molecular complexity index is 915. The van der Waals surface area contributed by atoms with Gasteiger partial charge in [-0.2, -0.15) is 0 Å². The molecule has 206 valence electrons. The summed E-state index contributed by atoms with van der Waals surface area (Å²) in [6.07, 6.45) is 36.4. The van der Waals surface area contributed by atoms with Crippen LogP contribution in [-0.2, 0) is 4.79 Å². The van der Waals surface area contributed by atoms with Gasteiger partial charge in [-0.25, -0.2) is 0 Å². The highest BCUT2D eigenvalue weighted by Crippen LogP contribution is 1.98. The maximum Gasteiger partial charge on any atom is 0.252 e. The van der Waals surface area contributed by atoms with Crippen molar-refractivity contribution in [3.63, 3.8) is 0 Å². The predicted molar refractivity (Wildman–Crippen MR) is 160 cm³/mol. The molecule has 6 nitrogen and oxygen atoms in total. The Morgan fingerprint density at radius 1 is 0.711 bits per heavy atom. The molecule has 0 bridgehead atoms. The number of hydrogen-bond acceptors (Lipinski definition) is 4. The van der Waals surface area contributed by atoms with Crippen LogP contribution in [0.15, 0.2) is 97.4 Å². The number of allylic oxidation sites excluding steroid dienone is 12. The quantitative estimate of drug-likeness (QED) is 0.138. The molecule has 3 N–H and O–H groups in total. The summed E-state index contributed by atoms with van der Waals surface area (Å²) in [5.41, 5.74) is 0.548. The lowest BCUT2D eigenvalue weighted by Gasteiger charge is -2.07. The Hall–Kier alpha value is -3.51.